The third-order valence-electron chi connectivity index (χ3n) is 3.99. The molecule has 0 fully saturated rings. The molecule has 1 N–H and O–H groups in total. The van der Waals surface area contributed by atoms with E-state index in [0.29, 0.717) is 24.9 Å². The number of rotatable bonds is 7. The molecule has 0 heterocycles. The predicted molar refractivity (Wildman–Crippen MR) is 89.2 cm³/mol. The van der Waals surface area contributed by atoms with Crippen molar-refractivity contribution in [1.29, 1.82) is 0 Å². The molecule has 0 spiro atoms. The molecule has 2 nitrogen and oxygen atoms in total. The van der Waals surface area contributed by atoms with Crippen LogP contribution in [0.25, 0.3) is 0 Å². The van der Waals surface area contributed by atoms with E-state index in [1.807, 2.05) is 31.2 Å². The van der Waals surface area contributed by atoms with Crippen LogP contribution in [0.4, 0.5) is 13.2 Å². The van der Waals surface area contributed by atoms with Crippen molar-refractivity contribution in [3.63, 3.8) is 0 Å². The summed E-state index contributed by atoms with van der Waals surface area (Å²) in [6.07, 6.45) is -3.26. The van der Waals surface area contributed by atoms with E-state index < -0.39 is 11.7 Å². The minimum absolute atomic E-state index is 0.109. The second-order valence-electron chi connectivity index (χ2n) is 5.71. The molecule has 0 aromatic heterocycles. The fourth-order valence-electron chi connectivity index (χ4n) is 2.64. The Morgan fingerprint density at radius 3 is 2.54 bits per heavy atom. The van der Waals surface area contributed by atoms with Gasteiger partial charge >= 0.3 is 6.18 Å². The molecule has 0 saturated carbocycles. The van der Waals surface area contributed by atoms with Gasteiger partial charge in [-0.3, -0.25) is 0 Å². The third-order valence-corrected chi connectivity index (χ3v) is 3.99. The Morgan fingerprint density at radius 1 is 1.08 bits per heavy atom. The SMILES string of the molecule is COc1cccc([C@@H](C)NCCCc2ccccc2C(F)(F)F)c1. The molecule has 24 heavy (non-hydrogen) atoms. The number of aryl methyl sites for hydroxylation is 1. The van der Waals surface area contributed by atoms with Crippen LogP contribution in [0.15, 0.2) is 48.5 Å². The summed E-state index contributed by atoms with van der Waals surface area (Å²) in [5.41, 5.74) is 0.900. The molecule has 0 saturated heterocycles. The lowest BCUT2D eigenvalue weighted by molar-refractivity contribution is -0.138. The van der Waals surface area contributed by atoms with E-state index in [1.165, 1.54) is 6.07 Å². The van der Waals surface area contributed by atoms with Gasteiger partial charge in [0.1, 0.15) is 5.75 Å². The Bertz CT molecular complexity index is 655. The average molecular weight is 337 g/mol. The van der Waals surface area contributed by atoms with Gasteiger partial charge in [0.2, 0.25) is 0 Å². The zero-order valence-electron chi connectivity index (χ0n) is 13.9. The molecule has 5 heteroatoms. The second kappa shape index (κ2) is 8.20. The molecular formula is C19H22F3NO. The topological polar surface area (TPSA) is 21.3 Å². The summed E-state index contributed by atoms with van der Waals surface area (Å²) in [6.45, 7) is 2.67. The zero-order valence-corrected chi connectivity index (χ0v) is 13.9. The molecule has 2 aromatic rings. The number of alkyl halides is 3. The van der Waals surface area contributed by atoms with Gasteiger partial charge in [-0.05, 0) is 55.6 Å². The van der Waals surface area contributed by atoms with Crippen LogP contribution in [0.2, 0.25) is 0 Å². The maximum absolute atomic E-state index is 13.0. The minimum Gasteiger partial charge on any atom is -0.497 e. The number of hydrogen-bond donors (Lipinski definition) is 1. The van der Waals surface area contributed by atoms with E-state index in [9.17, 15) is 13.2 Å². The Hall–Kier alpha value is -2.01. The highest BCUT2D eigenvalue weighted by molar-refractivity contribution is 5.31. The maximum atomic E-state index is 13.0. The number of halogens is 3. The van der Waals surface area contributed by atoms with Gasteiger partial charge in [0, 0.05) is 6.04 Å². The van der Waals surface area contributed by atoms with Gasteiger partial charge in [-0.25, -0.2) is 0 Å². The number of methoxy groups -OCH3 is 1. The zero-order chi connectivity index (χ0) is 17.6. The first-order valence-corrected chi connectivity index (χ1v) is 7.94. The first-order valence-electron chi connectivity index (χ1n) is 7.94. The van der Waals surface area contributed by atoms with Crippen LogP contribution >= 0.6 is 0 Å². The summed E-state index contributed by atoms with van der Waals surface area (Å²) >= 11 is 0. The first kappa shape index (κ1) is 18.3. The van der Waals surface area contributed by atoms with E-state index in [-0.39, 0.29) is 6.04 Å². The van der Waals surface area contributed by atoms with Crippen molar-refractivity contribution in [3.05, 3.63) is 65.2 Å². The van der Waals surface area contributed by atoms with Crippen LogP contribution in [0.5, 0.6) is 5.75 Å². The van der Waals surface area contributed by atoms with Crippen molar-refractivity contribution in [2.45, 2.75) is 32.0 Å². The monoisotopic (exact) mass is 337 g/mol. The molecule has 0 amide bonds. The lowest BCUT2D eigenvalue weighted by atomic mass is 10.0. The van der Waals surface area contributed by atoms with Crippen LogP contribution in [0.3, 0.4) is 0 Å². The molecule has 0 radical (unpaired) electrons. The largest absolute Gasteiger partial charge is 0.497 e. The first-order chi connectivity index (χ1) is 11.4. The van der Waals surface area contributed by atoms with E-state index >= 15 is 0 Å². The highest BCUT2D eigenvalue weighted by atomic mass is 19.4. The van der Waals surface area contributed by atoms with Crippen molar-refractivity contribution in [2.75, 3.05) is 13.7 Å². The number of nitrogens with one attached hydrogen (secondary N) is 1. The van der Waals surface area contributed by atoms with Crippen LogP contribution in [-0.4, -0.2) is 13.7 Å². The van der Waals surface area contributed by atoms with Gasteiger partial charge in [-0.2, -0.15) is 13.2 Å². The summed E-state index contributed by atoms with van der Waals surface area (Å²) in [4.78, 5) is 0. The van der Waals surface area contributed by atoms with Crippen LogP contribution < -0.4 is 10.1 Å². The highest BCUT2D eigenvalue weighted by Gasteiger charge is 2.32. The molecular weight excluding hydrogens is 315 g/mol. The molecule has 0 aliphatic rings. The highest BCUT2D eigenvalue weighted by Crippen LogP contribution is 2.32. The predicted octanol–water partition coefficient (Wildman–Crippen LogP) is 5.00. The molecule has 0 aliphatic carbocycles. The summed E-state index contributed by atoms with van der Waals surface area (Å²) < 4.78 is 44.1. The lowest BCUT2D eigenvalue weighted by Crippen LogP contribution is -2.20. The van der Waals surface area contributed by atoms with E-state index in [2.05, 4.69) is 5.32 Å². The quantitative estimate of drug-likeness (QED) is 0.718. The van der Waals surface area contributed by atoms with Gasteiger partial charge in [0.05, 0.1) is 12.7 Å². The molecule has 0 bridgehead atoms. The van der Waals surface area contributed by atoms with Gasteiger partial charge < -0.3 is 10.1 Å². The van der Waals surface area contributed by atoms with E-state index in [0.717, 1.165) is 17.4 Å². The van der Waals surface area contributed by atoms with Crippen molar-refractivity contribution in [3.8, 4) is 5.75 Å². The second-order valence-corrected chi connectivity index (χ2v) is 5.71. The van der Waals surface area contributed by atoms with Crippen molar-refractivity contribution in [2.24, 2.45) is 0 Å². The summed E-state index contributed by atoms with van der Waals surface area (Å²) in [6, 6.07) is 13.6. The number of hydrogen-bond acceptors (Lipinski definition) is 2. The van der Waals surface area contributed by atoms with Gasteiger partial charge in [0.25, 0.3) is 0 Å². The number of benzene rings is 2. The minimum atomic E-state index is -4.29. The summed E-state index contributed by atoms with van der Waals surface area (Å²) in [5, 5.41) is 3.34. The fourth-order valence-corrected chi connectivity index (χ4v) is 2.64. The van der Waals surface area contributed by atoms with Gasteiger partial charge in [-0.15, -0.1) is 0 Å². The smallest absolute Gasteiger partial charge is 0.416 e. The average Bonchev–Trinajstić information content (AvgIpc) is 2.58. The van der Waals surface area contributed by atoms with Crippen LogP contribution in [0.1, 0.15) is 36.1 Å². The Labute approximate surface area is 140 Å². The van der Waals surface area contributed by atoms with Crippen LogP contribution in [-0.2, 0) is 12.6 Å². The molecule has 2 aromatic carbocycles. The fraction of sp³-hybridized carbons (Fsp3) is 0.368. The standard InChI is InChI=1S/C19H22F3NO/c1-14(16-8-5-10-17(13-16)24-2)23-12-6-9-15-7-3-4-11-18(15)19(20,21)22/h3-5,7-8,10-11,13-14,23H,6,9,12H2,1-2H3/t14-/m1/s1. The van der Waals surface area contributed by atoms with Crippen molar-refractivity contribution < 1.29 is 17.9 Å². The van der Waals surface area contributed by atoms with Crippen molar-refractivity contribution in [1.82, 2.24) is 5.32 Å². The Kier molecular flexibility index (Phi) is 6.26. The van der Waals surface area contributed by atoms with Crippen molar-refractivity contribution >= 4 is 0 Å². The molecule has 1 atom stereocenters. The Morgan fingerprint density at radius 2 is 1.83 bits per heavy atom. The third kappa shape index (κ3) is 4.99. The molecule has 130 valence electrons. The van der Waals surface area contributed by atoms with Gasteiger partial charge in [0.15, 0.2) is 0 Å². The molecule has 0 aliphatic heterocycles. The maximum Gasteiger partial charge on any atom is 0.416 e. The summed E-state index contributed by atoms with van der Waals surface area (Å²) in [7, 11) is 1.62. The molecule has 0 unspecified atom stereocenters. The summed E-state index contributed by atoms with van der Waals surface area (Å²) in [5.74, 6) is 0.792. The van der Waals surface area contributed by atoms with Crippen LogP contribution in [0, 0.1) is 0 Å². The Balaban J connectivity index is 1.87. The number of ether oxygens (including phenoxy) is 1. The normalized spacial score (nSPS) is 12.9. The molecule has 2 rings (SSSR count). The lowest BCUT2D eigenvalue weighted by Gasteiger charge is -2.16. The van der Waals surface area contributed by atoms with E-state index in [4.69, 9.17) is 4.74 Å². The van der Waals surface area contributed by atoms with Gasteiger partial charge in [-0.1, -0.05) is 30.3 Å². The van der Waals surface area contributed by atoms with E-state index in [1.54, 1.807) is 19.2 Å².